The van der Waals surface area contributed by atoms with Crippen LogP contribution in [-0.2, 0) is 6.54 Å². The fourth-order valence-electron chi connectivity index (χ4n) is 1.87. The van der Waals surface area contributed by atoms with Gasteiger partial charge in [-0.25, -0.2) is 4.39 Å². The Kier molecular flexibility index (Phi) is 4.14. The smallest absolute Gasteiger partial charge is 0.261 e. The molecule has 1 aromatic heterocycles. The summed E-state index contributed by atoms with van der Waals surface area (Å²) in [7, 11) is 1.39. The van der Waals surface area contributed by atoms with Gasteiger partial charge in [0.05, 0.1) is 19.2 Å². The lowest BCUT2D eigenvalue weighted by molar-refractivity contribution is 0.383. The van der Waals surface area contributed by atoms with Crippen LogP contribution in [0.25, 0.3) is 0 Å². The molecule has 0 saturated heterocycles. The molecule has 104 valence electrons. The molecule has 0 aliphatic rings. The van der Waals surface area contributed by atoms with Crippen molar-refractivity contribution < 1.29 is 9.13 Å². The Hall–Kier alpha value is -2.21. The second-order valence-corrected chi connectivity index (χ2v) is 4.59. The molecule has 2 rings (SSSR count). The fraction of sp³-hybridized carbons (Fsp3) is 0.143. The average Bonchev–Trinajstić information content (AvgIpc) is 2.43. The summed E-state index contributed by atoms with van der Waals surface area (Å²) >= 11 is 4.81. The molecule has 0 atom stereocenters. The van der Waals surface area contributed by atoms with Crippen molar-refractivity contribution in [2.45, 2.75) is 6.54 Å². The largest absolute Gasteiger partial charge is 0.494 e. The zero-order chi connectivity index (χ0) is 14.7. The molecule has 1 aromatic carbocycles. The number of ether oxygens (including phenoxy) is 1. The van der Waals surface area contributed by atoms with Crippen molar-refractivity contribution in [2.75, 3.05) is 7.11 Å². The summed E-state index contributed by atoms with van der Waals surface area (Å²) in [5, 5.41) is 0. The fourth-order valence-corrected chi connectivity index (χ4v) is 2.02. The number of halogens is 1. The van der Waals surface area contributed by atoms with Crippen LogP contribution in [0.15, 0.2) is 41.3 Å². The molecule has 0 saturated carbocycles. The van der Waals surface area contributed by atoms with Gasteiger partial charge in [0.1, 0.15) is 4.99 Å². The Morgan fingerprint density at radius 2 is 2.15 bits per heavy atom. The van der Waals surface area contributed by atoms with Crippen LogP contribution in [0.2, 0.25) is 0 Å². The van der Waals surface area contributed by atoms with E-state index < -0.39 is 5.82 Å². The van der Waals surface area contributed by atoms with Crippen LogP contribution in [0.1, 0.15) is 11.1 Å². The monoisotopic (exact) mass is 292 g/mol. The number of nitrogens with zero attached hydrogens (tertiary/aromatic N) is 1. The zero-order valence-corrected chi connectivity index (χ0v) is 11.6. The van der Waals surface area contributed by atoms with Gasteiger partial charge in [-0.2, -0.15) is 0 Å². The van der Waals surface area contributed by atoms with Gasteiger partial charge in [0.25, 0.3) is 5.56 Å². The maximum atomic E-state index is 14.1. The molecule has 0 aliphatic heterocycles. The Bertz CT molecular complexity index is 713. The molecular formula is C14H13FN2O2S. The number of hydrogen-bond acceptors (Lipinski definition) is 3. The van der Waals surface area contributed by atoms with Gasteiger partial charge in [-0.05, 0) is 18.2 Å². The van der Waals surface area contributed by atoms with Crippen molar-refractivity contribution >= 4 is 17.2 Å². The Morgan fingerprint density at radius 3 is 2.80 bits per heavy atom. The third-order valence-corrected chi connectivity index (χ3v) is 3.11. The average molecular weight is 292 g/mol. The minimum atomic E-state index is -0.484. The maximum Gasteiger partial charge on any atom is 0.261 e. The molecule has 20 heavy (non-hydrogen) atoms. The topological polar surface area (TPSA) is 57.2 Å². The lowest BCUT2D eigenvalue weighted by Gasteiger charge is -2.10. The van der Waals surface area contributed by atoms with Gasteiger partial charge in [0.2, 0.25) is 0 Å². The Labute approximate surface area is 120 Å². The highest BCUT2D eigenvalue weighted by atomic mass is 32.1. The van der Waals surface area contributed by atoms with Gasteiger partial charge in [0.15, 0.2) is 11.6 Å². The van der Waals surface area contributed by atoms with Crippen molar-refractivity contribution in [3.05, 3.63) is 63.8 Å². The third kappa shape index (κ3) is 2.70. The molecule has 0 unspecified atom stereocenters. The van der Waals surface area contributed by atoms with E-state index >= 15 is 0 Å². The number of hydrogen-bond donors (Lipinski definition) is 1. The van der Waals surface area contributed by atoms with E-state index in [2.05, 4.69) is 0 Å². The predicted octanol–water partition coefficient (Wildman–Crippen LogP) is 1.68. The SMILES string of the molecule is COc1cccc(Cn2cccc(C(N)=S)c2=O)c1F. The molecule has 0 fully saturated rings. The minimum absolute atomic E-state index is 0.0236. The van der Waals surface area contributed by atoms with Crippen LogP contribution in [-0.4, -0.2) is 16.7 Å². The number of nitrogens with two attached hydrogens (primary N) is 1. The lowest BCUT2D eigenvalue weighted by Crippen LogP contribution is -2.28. The van der Waals surface area contributed by atoms with Gasteiger partial charge in [-0.3, -0.25) is 4.79 Å². The summed E-state index contributed by atoms with van der Waals surface area (Å²) in [6.45, 7) is 0.0817. The summed E-state index contributed by atoms with van der Waals surface area (Å²) in [6, 6.07) is 7.97. The summed E-state index contributed by atoms with van der Waals surface area (Å²) in [6.07, 6.45) is 1.56. The number of pyridine rings is 1. The first-order chi connectivity index (χ1) is 9.54. The summed E-state index contributed by atoms with van der Waals surface area (Å²) < 4.78 is 20.3. The normalized spacial score (nSPS) is 10.3. The molecule has 0 radical (unpaired) electrons. The number of rotatable bonds is 4. The number of benzene rings is 1. The van der Waals surface area contributed by atoms with Crippen molar-refractivity contribution in [3.8, 4) is 5.75 Å². The highest BCUT2D eigenvalue weighted by molar-refractivity contribution is 7.80. The predicted molar refractivity (Wildman–Crippen MR) is 78.6 cm³/mol. The first-order valence-electron chi connectivity index (χ1n) is 5.85. The summed E-state index contributed by atoms with van der Waals surface area (Å²) in [5.41, 5.74) is 5.73. The zero-order valence-electron chi connectivity index (χ0n) is 10.8. The lowest BCUT2D eigenvalue weighted by atomic mass is 10.2. The van der Waals surface area contributed by atoms with Crippen molar-refractivity contribution in [1.82, 2.24) is 4.57 Å². The van der Waals surface area contributed by atoms with Crippen LogP contribution in [0.4, 0.5) is 4.39 Å². The van der Waals surface area contributed by atoms with Gasteiger partial charge in [0, 0.05) is 11.8 Å². The first-order valence-corrected chi connectivity index (χ1v) is 6.26. The van der Waals surface area contributed by atoms with Crippen molar-refractivity contribution in [3.63, 3.8) is 0 Å². The van der Waals surface area contributed by atoms with Crippen LogP contribution < -0.4 is 16.0 Å². The molecule has 0 aliphatic carbocycles. The quantitative estimate of drug-likeness (QED) is 0.871. The van der Waals surface area contributed by atoms with Crippen molar-refractivity contribution in [2.24, 2.45) is 5.73 Å². The van der Waals surface area contributed by atoms with Crippen molar-refractivity contribution in [1.29, 1.82) is 0 Å². The standard InChI is InChI=1S/C14H13FN2O2S/c1-19-11-6-2-4-9(12(11)15)8-17-7-3-5-10(13(16)20)14(17)18/h2-7H,8H2,1H3,(H2,16,20). The number of methoxy groups -OCH3 is 1. The van der Waals surface area contributed by atoms with Crippen LogP contribution in [0, 0.1) is 5.82 Å². The van der Waals surface area contributed by atoms with E-state index in [0.29, 0.717) is 5.56 Å². The van der Waals surface area contributed by atoms with E-state index in [4.69, 9.17) is 22.7 Å². The summed E-state index contributed by atoms with van der Waals surface area (Å²) in [4.78, 5) is 12.1. The molecule has 1 heterocycles. The molecule has 2 aromatic rings. The van der Waals surface area contributed by atoms with Crippen LogP contribution in [0.3, 0.4) is 0 Å². The second-order valence-electron chi connectivity index (χ2n) is 4.15. The molecule has 0 spiro atoms. The summed E-state index contributed by atoms with van der Waals surface area (Å²) in [5.74, 6) is -0.344. The van der Waals surface area contributed by atoms with Crippen LogP contribution in [0.5, 0.6) is 5.75 Å². The van der Waals surface area contributed by atoms with E-state index in [9.17, 15) is 9.18 Å². The van der Waals surface area contributed by atoms with E-state index in [1.807, 2.05) is 0 Å². The van der Waals surface area contributed by atoms with E-state index in [-0.39, 0.29) is 28.4 Å². The first kappa shape index (κ1) is 14.2. The van der Waals surface area contributed by atoms with Gasteiger partial charge in [-0.1, -0.05) is 24.4 Å². The maximum absolute atomic E-state index is 14.1. The Morgan fingerprint density at radius 1 is 1.40 bits per heavy atom. The van der Waals surface area contributed by atoms with Gasteiger partial charge >= 0.3 is 0 Å². The molecule has 0 bridgehead atoms. The molecule has 4 nitrogen and oxygen atoms in total. The number of thiocarbonyl (C=S) groups is 1. The highest BCUT2D eigenvalue weighted by Gasteiger charge is 2.11. The minimum Gasteiger partial charge on any atom is -0.494 e. The Balaban J connectivity index is 2.43. The molecular weight excluding hydrogens is 279 g/mol. The highest BCUT2D eigenvalue weighted by Crippen LogP contribution is 2.20. The van der Waals surface area contributed by atoms with E-state index in [1.54, 1.807) is 30.5 Å². The van der Waals surface area contributed by atoms with Gasteiger partial charge in [-0.15, -0.1) is 0 Å². The molecule has 0 amide bonds. The number of aromatic nitrogens is 1. The van der Waals surface area contributed by atoms with E-state index in [1.165, 1.54) is 17.7 Å². The second kappa shape index (κ2) is 5.83. The van der Waals surface area contributed by atoms with E-state index in [0.717, 1.165) is 0 Å². The van der Waals surface area contributed by atoms with Crippen LogP contribution >= 0.6 is 12.2 Å². The molecule has 6 heteroatoms. The third-order valence-electron chi connectivity index (χ3n) is 2.89. The molecule has 2 N–H and O–H groups in total. The van der Waals surface area contributed by atoms with Gasteiger partial charge < -0.3 is 15.0 Å².